The predicted octanol–water partition coefficient (Wildman–Crippen LogP) is 4.97. The van der Waals surface area contributed by atoms with E-state index in [-0.39, 0.29) is 36.1 Å². The first-order valence-corrected chi connectivity index (χ1v) is 11.3. The molecular formula is C26H33F2NO3. The minimum absolute atomic E-state index is 0.00923. The first kappa shape index (κ1) is 24.3. The van der Waals surface area contributed by atoms with Crippen molar-refractivity contribution in [2.24, 2.45) is 5.92 Å². The van der Waals surface area contributed by atoms with Crippen LogP contribution < -0.4 is 5.32 Å². The standard InChI is InChI=1S/C26H33F2NO3/c1-26(2,15-17-13-19-8-3-4-9-20(19)14-17)29-16-22(30)21-12-11-18(24(27)25(21)28)7-5-6-10-23(31)32/h3-4,8-9,11-12,17,22,29-30H,5-7,10,13-16H2,1-2H3,(H,31,32)/t22-/m1/s1. The summed E-state index contributed by atoms with van der Waals surface area (Å²) in [6.07, 6.45) is 2.98. The molecule has 4 nitrogen and oxygen atoms in total. The second-order valence-electron chi connectivity index (χ2n) is 9.57. The molecule has 2 aromatic carbocycles. The third kappa shape index (κ3) is 6.36. The van der Waals surface area contributed by atoms with E-state index in [1.807, 2.05) is 0 Å². The molecule has 0 aromatic heterocycles. The molecule has 3 N–H and O–H groups in total. The van der Waals surface area contributed by atoms with Crippen molar-refractivity contribution >= 4 is 5.97 Å². The molecule has 3 rings (SSSR count). The van der Waals surface area contributed by atoms with E-state index in [2.05, 4.69) is 43.4 Å². The maximum atomic E-state index is 14.6. The molecule has 2 aromatic rings. The van der Waals surface area contributed by atoms with Gasteiger partial charge < -0.3 is 15.5 Å². The third-order valence-corrected chi connectivity index (χ3v) is 6.35. The molecular weight excluding hydrogens is 412 g/mol. The van der Waals surface area contributed by atoms with E-state index in [9.17, 15) is 18.7 Å². The zero-order valence-corrected chi connectivity index (χ0v) is 18.8. The SMILES string of the molecule is CC(C)(CC1Cc2ccccc2C1)NC[C@@H](O)c1ccc(CCCCC(=O)O)c(F)c1F. The summed E-state index contributed by atoms with van der Waals surface area (Å²) in [4.78, 5) is 10.6. The number of benzene rings is 2. The van der Waals surface area contributed by atoms with Crippen LogP contribution >= 0.6 is 0 Å². The molecule has 0 aliphatic heterocycles. The number of carbonyl (C=O) groups is 1. The number of hydrogen-bond acceptors (Lipinski definition) is 3. The predicted molar refractivity (Wildman–Crippen MR) is 121 cm³/mol. The van der Waals surface area contributed by atoms with E-state index >= 15 is 0 Å². The van der Waals surface area contributed by atoms with Crippen molar-refractivity contribution in [1.82, 2.24) is 5.32 Å². The van der Waals surface area contributed by atoms with Gasteiger partial charge in [0.2, 0.25) is 0 Å². The molecule has 0 spiro atoms. The van der Waals surface area contributed by atoms with Crippen LogP contribution in [-0.4, -0.2) is 28.3 Å². The number of hydrogen-bond donors (Lipinski definition) is 3. The van der Waals surface area contributed by atoms with E-state index < -0.39 is 23.7 Å². The first-order valence-electron chi connectivity index (χ1n) is 11.3. The molecule has 1 aliphatic carbocycles. The number of carboxylic acids is 1. The average Bonchev–Trinajstić information content (AvgIpc) is 3.13. The van der Waals surface area contributed by atoms with Gasteiger partial charge in [-0.3, -0.25) is 4.79 Å². The van der Waals surface area contributed by atoms with Gasteiger partial charge in [-0.15, -0.1) is 0 Å². The zero-order valence-electron chi connectivity index (χ0n) is 18.8. The van der Waals surface area contributed by atoms with Crippen LogP contribution in [0.2, 0.25) is 0 Å². The lowest BCUT2D eigenvalue weighted by Crippen LogP contribution is -2.43. The molecule has 0 fully saturated rings. The van der Waals surface area contributed by atoms with Gasteiger partial charge in [-0.1, -0.05) is 36.4 Å². The number of nitrogens with one attached hydrogen (secondary N) is 1. The van der Waals surface area contributed by atoms with Crippen LogP contribution in [0.4, 0.5) is 8.78 Å². The van der Waals surface area contributed by atoms with E-state index in [0.29, 0.717) is 18.8 Å². The molecule has 0 saturated carbocycles. The Morgan fingerprint density at radius 3 is 2.38 bits per heavy atom. The lowest BCUT2D eigenvalue weighted by atomic mass is 9.88. The Bertz CT molecular complexity index is 920. The molecule has 174 valence electrons. The minimum atomic E-state index is -1.16. The highest BCUT2D eigenvalue weighted by Crippen LogP contribution is 2.32. The van der Waals surface area contributed by atoms with Gasteiger partial charge in [0.05, 0.1) is 6.10 Å². The van der Waals surface area contributed by atoms with Crippen molar-refractivity contribution in [1.29, 1.82) is 0 Å². The number of carboxylic acid groups (broad SMARTS) is 1. The Labute approximate surface area is 188 Å². The number of β-amino-alcohol motifs (C(OH)–C–C–N with tert-alkyl or cyclic N) is 1. The van der Waals surface area contributed by atoms with Gasteiger partial charge in [0.25, 0.3) is 0 Å². The fourth-order valence-corrected chi connectivity index (χ4v) is 4.72. The topological polar surface area (TPSA) is 69.6 Å². The summed E-state index contributed by atoms with van der Waals surface area (Å²) in [5.74, 6) is -2.37. The lowest BCUT2D eigenvalue weighted by Gasteiger charge is -2.30. The lowest BCUT2D eigenvalue weighted by molar-refractivity contribution is -0.137. The molecule has 0 saturated heterocycles. The van der Waals surface area contributed by atoms with Gasteiger partial charge in [-0.05, 0) is 75.0 Å². The summed E-state index contributed by atoms with van der Waals surface area (Å²) < 4.78 is 29.1. The molecule has 0 unspecified atom stereocenters. The largest absolute Gasteiger partial charge is 0.481 e. The summed E-state index contributed by atoms with van der Waals surface area (Å²) in [5.41, 5.74) is 2.68. The van der Waals surface area contributed by atoms with Gasteiger partial charge in [-0.2, -0.15) is 0 Å². The number of aliphatic carboxylic acids is 1. The summed E-state index contributed by atoms with van der Waals surface area (Å²) in [7, 11) is 0. The monoisotopic (exact) mass is 445 g/mol. The van der Waals surface area contributed by atoms with E-state index in [4.69, 9.17) is 5.11 Å². The Balaban J connectivity index is 1.53. The fourth-order valence-electron chi connectivity index (χ4n) is 4.72. The smallest absolute Gasteiger partial charge is 0.303 e. The number of unbranched alkanes of at least 4 members (excludes halogenated alkanes) is 1. The summed E-state index contributed by atoms with van der Waals surface area (Å²) in [5, 5.41) is 22.5. The third-order valence-electron chi connectivity index (χ3n) is 6.35. The molecule has 0 amide bonds. The Morgan fingerprint density at radius 1 is 1.09 bits per heavy atom. The molecule has 32 heavy (non-hydrogen) atoms. The highest BCUT2D eigenvalue weighted by Gasteiger charge is 2.29. The van der Waals surface area contributed by atoms with Crippen molar-refractivity contribution in [3.63, 3.8) is 0 Å². The second-order valence-corrected chi connectivity index (χ2v) is 9.57. The van der Waals surface area contributed by atoms with Crippen LogP contribution in [0.25, 0.3) is 0 Å². The zero-order chi connectivity index (χ0) is 23.3. The maximum Gasteiger partial charge on any atom is 0.303 e. The average molecular weight is 446 g/mol. The Kier molecular flexibility index (Phi) is 8.01. The van der Waals surface area contributed by atoms with Gasteiger partial charge in [-0.25, -0.2) is 8.78 Å². The number of rotatable bonds is 11. The van der Waals surface area contributed by atoms with Crippen LogP contribution in [0.3, 0.4) is 0 Å². The minimum Gasteiger partial charge on any atom is -0.481 e. The van der Waals surface area contributed by atoms with Gasteiger partial charge in [0.15, 0.2) is 11.6 Å². The quantitative estimate of drug-likeness (QED) is 0.427. The molecule has 0 bridgehead atoms. The van der Waals surface area contributed by atoms with Crippen LogP contribution in [-0.2, 0) is 24.1 Å². The van der Waals surface area contributed by atoms with Gasteiger partial charge in [0, 0.05) is 24.1 Å². The molecule has 1 aliphatic rings. The Morgan fingerprint density at radius 2 is 1.75 bits per heavy atom. The van der Waals surface area contributed by atoms with Crippen LogP contribution in [0.5, 0.6) is 0 Å². The number of fused-ring (bicyclic) bond motifs is 1. The van der Waals surface area contributed by atoms with Crippen LogP contribution in [0, 0.1) is 17.6 Å². The number of aryl methyl sites for hydroxylation is 1. The molecule has 6 heteroatoms. The van der Waals surface area contributed by atoms with Gasteiger partial charge >= 0.3 is 5.97 Å². The Hall–Kier alpha value is -2.31. The summed E-state index contributed by atoms with van der Waals surface area (Å²) in [6, 6.07) is 11.4. The maximum absolute atomic E-state index is 14.6. The van der Waals surface area contributed by atoms with Crippen molar-refractivity contribution in [3.8, 4) is 0 Å². The van der Waals surface area contributed by atoms with Crippen LogP contribution in [0.1, 0.15) is 67.9 Å². The molecule has 1 atom stereocenters. The highest BCUT2D eigenvalue weighted by molar-refractivity contribution is 5.66. The number of aliphatic hydroxyl groups excluding tert-OH is 1. The van der Waals surface area contributed by atoms with Gasteiger partial charge in [0.1, 0.15) is 0 Å². The molecule has 0 radical (unpaired) electrons. The summed E-state index contributed by atoms with van der Waals surface area (Å²) >= 11 is 0. The van der Waals surface area contributed by atoms with E-state index in [0.717, 1.165) is 19.3 Å². The first-order chi connectivity index (χ1) is 15.2. The van der Waals surface area contributed by atoms with Crippen molar-refractivity contribution in [2.45, 2.75) is 70.4 Å². The normalized spacial score (nSPS) is 15.0. The van der Waals surface area contributed by atoms with Crippen molar-refractivity contribution < 1.29 is 23.8 Å². The van der Waals surface area contributed by atoms with E-state index in [1.54, 1.807) is 0 Å². The van der Waals surface area contributed by atoms with Crippen molar-refractivity contribution in [2.75, 3.05) is 6.54 Å². The number of aliphatic hydroxyl groups is 1. The fraction of sp³-hybridized carbons (Fsp3) is 0.500. The second kappa shape index (κ2) is 10.5. The highest BCUT2D eigenvalue weighted by atomic mass is 19.2. The molecule has 0 heterocycles. The summed E-state index contributed by atoms with van der Waals surface area (Å²) in [6.45, 7) is 4.26. The van der Waals surface area contributed by atoms with Crippen molar-refractivity contribution in [3.05, 3.63) is 70.3 Å². The number of halogens is 2. The van der Waals surface area contributed by atoms with Crippen LogP contribution in [0.15, 0.2) is 36.4 Å². The van der Waals surface area contributed by atoms with E-state index in [1.165, 1.54) is 23.3 Å².